The van der Waals surface area contributed by atoms with Crippen LogP contribution in [0.15, 0.2) is 28.8 Å². The van der Waals surface area contributed by atoms with Gasteiger partial charge in [-0.05, 0) is 55.9 Å². The number of aryl methyl sites for hydroxylation is 1. The zero-order valence-corrected chi connectivity index (χ0v) is 14.1. The second-order valence-corrected chi connectivity index (χ2v) is 6.68. The van der Waals surface area contributed by atoms with Crippen LogP contribution in [0.3, 0.4) is 0 Å². The minimum Gasteiger partial charge on any atom is -0.490 e. The Morgan fingerprint density at radius 1 is 1.22 bits per heavy atom. The van der Waals surface area contributed by atoms with Crippen LogP contribution in [0, 0.1) is 18.8 Å². The van der Waals surface area contributed by atoms with Gasteiger partial charge in [-0.2, -0.15) is 0 Å². The van der Waals surface area contributed by atoms with Crippen LogP contribution < -0.4 is 4.74 Å². The Morgan fingerprint density at radius 3 is 2.65 bits per heavy atom. The molecule has 0 radical (unpaired) electrons. The monoisotopic (exact) mass is 315 g/mol. The molecule has 0 amide bonds. The van der Waals surface area contributed by atoms with Gasteiger partial charge in [0.15, 0.2) is 5.76 Å². The molecule has 1 fully saturated rings. The quantitative estimate of drug-likeness (QED) is 0.911. The Morgan fingerprint density at radius 2 is 1.96 bits per heavy atom. The van der Waals surface area contributed by atoms with E-state index in [0.717, 1.165) is 34.9 Å². The lowest BCUT2D eigenvalue weighted by Crippen LogP contribution is -2.33. The predicted molar refractivity (Wildman–Crippen MR) is 89.2 cm³/mol. The van der Waals surface area contributed by atoms with E-state index in [1.807, 2.05) is 31.2 Å². The number of aromatic nitrogens is 1. The van der Waals surface area contributed by atoms with Gasteiger partial charge in [-0.25, -0.2) is 0 Å². The molecule has 1 aliphatic rings. The van der Waals surface area contributed by atoms with Crippen LogP contribution in [0.1, 0.15) is 44.4 Å². The molecule has 1 heterocycles. The van der Waals surface area contributed by atoms with E-state index in [2.05, 4.69) is 19.0 Å². The lowest BCUT2D eigenvalue weighted by molar-refractivity contribution is 0.0692. The van der Waals surface area contributed by atoms with Crippen LogP contribution in [0.5, 0.6) is 5.75 Å². The molecular formula is C19H25NO3. The topological polar surface area (TPSA) is 55.5 Å². The number of nitrogens with zero attached hydrogens (tertiary/aromatic N) is 1. The van der Waals surface area contributed by atoms with Crippen molar-refractivity contribution in [1.82, 2.24) is 5.16 Å². The van der Waals surface area contributed by atoms with Gasteiger partial charge < -0.3 is 14.4 Å². The summed E-state index contributed by atoms with van der Waals surface area (Å²) in [6, 6.07) is 7.87. The van der Waals surface area contributed by atoms with Gasteiger partial charge >= 0.3 is 0 Å². The van der Waals surface area contributed by atoms with Gasteiger partial charge in [0.2, 0.25) is 0 Å². The third kappa shape index (κ3) is 3.27. The van der Waals surface area contributed by atoms with Crippen molar-refractivity contribution in [2.45, 2.75) is 52.7 Å². The van der Waals surface area contributed by atoms with E-state index < -0.39 is 0 Å². The maximum absolute atomic E-state index is 9.45. The molecule has 23 heavy (non-hydrogen) atoms. The van der Waals surface area contributed by atoms with E-state index in [-0.39, 0.29) is 6.61 Å². The molecule has 3 unspecified atom stereocenters. The molecule has 1 N–H and O–H groups in total. The van der Waals surface area contributed by atoms with E-state index in [9.17, 15) is 5.11 Å². The Hall–Kier alpha value is -1.81. The van der Waals surface area contributed by atoms with Crippen LogP contribution in [0.2, 0.25) is 0 Å². The molecular weight excluding hydrogens is 290 g/mol. The molecule has 2 aromatic rings. The molecule has 1 saturated carbocycles. The molecule has 1 aromatic heterocycles. The summed E-state index contributed by atoms with van der Waals surface area (Å²) in [5, 5.41) is 13.4. The largest absolute Gasteiger partial charge is 0.490 e. The van der Waals surface area contributed by atoms with Crippen molar-refractivity contribution in [3.8, 4) is 17.1 Å². The highest BCUT2D eigenvalue weighted by Crippen LogP contribution is 2.33. The molecule has 0 aliphatic heterocycles. The number of rotatable bonds is 4. The minimum atomic E-state index is -0.0691. The molecule has 0 bridgehead atoms. The molecule has 0 saturated heterocycles. The Balaban J connectivity index is 1.74. The smallest absolute Gasteiger partial charge is 0.172 e. The first-order valence-electron chi connectivity index (χ1n) is 8.43. The number of aliphatic hydroxyl groups excluding tert-OH is 1. The van der Waals surface area contributed by atoms with Crippen LogP contribution in [0.25, 0.3) is 11.3 Å². The fraction of sp³-hybridized carbons (Fsp3) is 0.526. The van der Waals surface area contributed by atoms with Gasteiger partial charge in [0.1, 0.15) is 11.9 Å². The van der Waals surface area contributed by atoms with Crippen molar-refractivity contribution >= 4 is 0 Å². The van der Waals surface area contributed by atoms with Gasteiger partial charge in [0.25, 0.3) is 0 Å². The van der Waals surface area contributed by atoms with E-state index in [1.165, 1.54) is 12.8 Å². The van der Waals surface area contributed by atoms with Gasteiger partial charge in [0, 0.05) is 11.1 Å². The summed E-state index contributed by atoms with van der Waals surface area (Å²) in [7, 11) is 0. The maximum Gasteiger partial charge on any atom is 0.172 e. The third-order valence-corrected chi connectivity index (χ3v) is 5.18. The predicted octanol–water partition coefficient (Wildman–Crippen LogP) is 4.35. The summed E-state index contributed by atoms with van der Waals surface area (Å²) in [6.45, 7) is 6.36. The van der Waals surface area contributed by atoms with E-state index in [1.54, 1.807) is 0 Å². The summed E-state index contributed by atoms with van der Waals surface area (Å²) < 4.78 is 11.5. The van der Waals surface area contributed by atoms with E-state index in [0.29, 0.717) is 17.8 Å². The van der Waals surface area contributed by atoms with Crippen molar-refractivity contribution in [2.24, 2.45) is 11.8 Å². The van der Waals surface area contributed by atoms with Crippen molar-refractivity contribution in [3.63, 3.8) is 0 Å². The van der Waals surface area contributed by atoms with Gasteiger partial charge in [0.05, 0.1) is 12.3 Å². The van der Waals surface area contributed by atoms with E-state index in [4.69, 9.17) is 9.26 Å². The zero-order chi connectivity index (χ0) is 16.4. The van der Waals surface area contributed by atoms with Crippen LogP contribution in [0.4, 0.5) is 0 Å². The third-order valence-electron chi connectivity index (χ3n) is 5.18. The summed E-state index contributed by atoms with van der Waals surface area (Å²) >= 11 is 0. The second-order valence-electron chi connectivity index (χ2n) is 6.68. The highest BCUT2D eigenvalue weighted by Gasteiger charge is 2.28. The normalized spacial score (nSPS) is 24.6. The average Bonchev–Trinajstić information content (AvgIpc) is 2.93. The number of ether oxygens (including phenoxy) is 1. The van der Waals surface area contributed by atoms with Crippen molar-refractivity contribution in [1.29, 1.82) is 0 Å². The first-order chi connectivity index (χ1) is 11.1. The Labute approximate surface area is 137 Å². The highest BCUT2D eigenvalue weighted by atomic mass is 16.5. The fourth-order valence-corrected chi connectivity index (χ4v) is 3.36. The second kappa shape index (κ2) is 6.75. The van der Waals surface area contributed by atoms with Gasteiger partial charge in [-0.15, -0.1) is 0 Å². The molecule has 0 spiro atoms. The number of hydrogen-bond donors (Lipinski definition) is 1. The summed E-state index contributed by atoms with van der Waals surface area (Å²) in [5.74, 6) is 2.83. The summed E-state index contributed by atoms with van der Waals surface area (Å²) in [5.41, 5.74) is 2.38. The number of aliphatic hydroxyl groups is 1. The molecule has 4 heteroatoms. The van der Waals surface area contributed by atoms with Crippen LogP contribution >= 0.6 is 0 Å². The number of benzene rings is 1. The maximum atomic E-state index is 9.45. The Bertz CT molecular complexity index is 647. The fourth-order valence-electron chi connectivity index (χ4n) is 3.36. The van der Waals surface area contributed by atoms with Crippen molar-refractivity contribution in [3.05, 3.63) is 35.5 Å². The SMILES string of the molecule is Cc1noc(-c2ccc(OC3CCCC(C)C3C)cc2)c1CO. The van der Waals surface area contributed by atoms with Crippen molar-refractivity contribution in [2.75, 3.05) is 0 Å². The van der Waals surface area contributed by atoms with Crippen LogP contribution in [-0.2, 0) is 6.61 Å². The molecule has 3 rings (SSSR count). The number of hydrogen-bond acceptors (Lipinski definition) is 4. The van der Waals surface area contributed by atoms with Crippen LogP contribution in [-0.4, -0.2) is 16.4 Å². The first kappa shape index (κ1) is 16.1. The summed E-state index contributed by atoms with van der Waals surface area (Å²) in [4.78, 5) is 0. The van der Waals surface area contributed by atoms with E-state index >= 15 is 0 Å². The van der Waals surface area contributed by atoms with Crippen molar-refractivity contribution < 1.29 is 14.4 Å². The Kier molecular flexibility index (Phi) is 4.71. The average molecular weight is 315 g/mol. The molecule has 1 aliphatic carbocycles. The first-order valence-corrected chi connectivity index (χ1v) is 8.43. The van der Waals surface area contributed by atoms with Gasteiger partial charge in [-0.3, -0.25) is 0 Å². The lowest BCUT2D eigenvalue weighted by atomic mass is 9.79. The molecule has 124 valence electrons. The molecule has 1 aromatic carbocycles. The van der Waals surface area contributed by atoms with Gasteiger partial charge in [-0.1, -0.05) is 25.4 Å². The highest BCUT2D eigenvalue weighted by molar-refractivity contribution is 5.62. The molecule has 3 atom stereocenters. The lowest BCUT2D eigenvalue weighted by Gasteiger charge is -2.34. The zero-order valence-electron chi connectivity index (χ0n) is 14.1. The standard InChI is InChI=1S/C19H25NO3/c1-12-5-4-6-18(13(12)2)22-16-9-7-15(8-10-16)19-17(11-21)14(3)20-23-19/h7-10,12-13,18,21H,4-6,11H2,1-3H3. The summed E-state index contributed by atoms with van der Waals surface area (Å²) in [6.07, 6.45) is 3.97. The minimum absolute atomic E-state index is 0.0691. The molecule has 4 nitrogen and oxygen atoms in total.